The van der Waals surface area contributed by atoms with E-state index in [1.807, 2.05) is 61.5 Å². The molecular formula is C24H29NO3. The van der Waals surface area contributed by atoms with Crippen molar-refractivity contribution in [2.24, 2.45) is 5.92 Å². The molecule has 0 aromatic heterocycles. The van der Waals surface area contributed by atoms with E-state index in [1.54, 1.807) is 0 Å². The summed E-state index contributed by atoms with van der Waals surface area (Å²) in [4.78, 5) is 24.5. The van der Waals surface area contributed by atoms with Gasteiger partial charge in [0.1, 0.15) is 5.78 Å². The lowest BCUT2D eigenvalue weighted by atomic mass is 9.93. The molecule has 1 amide bonds. The molecule has 0 radical (unpaired) electrons. The Hall–Kier alpha value is -2.46. The Kier molecular flexibility index (Phi) is 6.99. The van der Waals surface area contributed by atoms with Crippen molar-refractivity contribution in [2.75, 3.05) is 6.61 Å². The zero-order chi connectivity index (χ0) is 19.9. The van der Waals surface area contributed by atoms with E-state index in [9.17, 15) is 14.7 Å². The summed E-state index contributed by atoms with van der Waals surface area (Å²) in [5.74, 6) is 0.154. The molecule has 28 heavy (non-hydrogen) atoms. The van der Waals surface area contributed by atoms with Crippen LogP contribution in [0.25, 0.3) is 0 Å². The molecule has 1 fully saturated rings. The summed E-state index contributed by atoms with van der Waals surface area (Å²) in [6.45, 7) is 1.78. The van der Waals surface area contributed by atoms with Gasteiger partial charge in [-0.3, -0.25) is 9.59 Å². The monoisotopic (exact) mass is 379 g/mol. The molecule has 3 atom stereocenters. The van der Waals surface area contributed by atoms with Gasteiger partial charge in [0.05, 0.1) is 18.6 Å². The average molecular weight is 380 g/mol. The lowest BCUT2D eigenvalue weighted by Crippen LogP contribution is -2.41. The van der Waals surface area contributed by atoms with E-state index in [4.69, 9.17) is 0 Å². The molecule has 0 saturated heterocycles. The van der Waals surface area contributed by atoms with E-state index in [-0.39, 0.29) is 30.4 Å². The molecule has 0 spiro atoms. The predicted octanol–water partition coefficient (Wildman–Crippen LogP) is 3.42. The maximum absolute atomic E-state index is 12.6. The largest absolute Gasteiger partial charge is 0.394 e. The highest BCUT2D eigenvalue weighted by Crippen LogP contribution is 2.26. The zero-order valence-corrected chi connectivity index (χ0v) is 16.4. The molecule has 0 heterocycles. The number of hydrogen-bond acceptors (Lipinski definition) is 3. The van der Waals surface area contributed by atoms with Crippen molar-refractivity contribution >= 4 is 11.7 Å². The summed E-state index contributed by atoms with van der Waals surface area (Å²) >= 11 is 0. The SMILES string of the molecule is C[C@H](C(=O)N[C@H](CO)Cc1ccccc1)c1ccc(C[C@@H]2CCCC2=O)cc1. The molecule has 2 aromatic carbocycles. The van der Waals surface area contributed by atoms with E-state index in [0.717, 1.165) is 42.4 Å². The first-order valence-electron chi connectivity index (χ1n) is 10.1. The Balaban J connectivity index is 1.56. The van der Waals surface area contributed by atoms with E-state index in [0.29, 0.717) is 12.2 Å². The van der Waals surface area contributed by atoms with Crippen molar-refractivity contribution < 1.29 is 14.7 Å². The molecular weight excluding hydrogens is 350 g/mol. The maximum atomic E-state index is 12.6. The normalized spacial score (nSPS) is 18.6. The van der Waals surface area contributed by atoms with Crippen molar-refractivity contribution in [2.45, 2.75) is 51.0 Å². The van der Waals surface area contributed by atoms with Gasteiger partial charge in [0.25, 0.3) is 0 Å². The second kappa shape index (κ2) is 9.65. The second-order valence-electron chi connectivity index (χ2n) is 7.80. The van der Waals surface area contributed by atoms with Crippen LogP contribution in [0.3, 0.4) is 0 Å². The lowest BCUT2D eigenvalue weighted by molar-refractivity contribution is -0.123. The van der Waals surface area contributed by atoms with E-state index >= 15 is 0 Å². The Morgan fingerprint density at radius 1 is 1.11 bits per heavy atom. The van der Waals surface area contributed by atoms with Crippen molar-refractivity contribution in [3.05, 3.63) is 71.3 Å². The number of amides is 1. The molecule has 1 aliphatic rings. The summed E-state index contributed by atoms with van der Waals surface area (Å²) < 4.78 is 0. The van der Waals surface area contributed by atoms with Crippen LogP contribution in [0.15, 0.2) is 54.6 Å². The molecule has 2 N–H and O–H groups in total. The molecule has 148 valence electrons. The maximum Gasteiger partial charge on any atom is 0.227 e. The van der Waals surface area contributed by atoms with Gasteiger partial charge in [-0.1, -0.05) is 54.6 Å². The molecule has 1 saturated carbocycles. The van der Waals surface area contributed by atoms with Crippen LogP contribution in [0, 0.1) is 5.92 Å². The minimum Gasteiger partial charge on any atom is -0.394 e. The Morgan fingerprint density at radius 3 is 2.43 bits per heavy atom. The first-order valence-corrected chi connectivity index (χ1v) is 10.1. The van der Waals surface area contributed by atoms with Gasteiger partial charge in [-0.25, -0.2) is 0 Å². The fourth-order valence-electron chi connectivity index (χ4n) is 3.87. The highest BCUT2D eigenvalue weighted by atomic mass is 16.3. The quantitative estimate of drug-likeness (QED) is 0.739. The Bertz CT molecular complexity index is 785. The molecule has 0 aliphatic heterocycles. The summed E-state index contributed by atoms with van der Waals surface area (Å²) in [5.41, 5.74) is 3.17. The molecule has 0 unspecified atom stereocenters. The number of nitrogens with one attached hydrogen (secondary N) is 1. The minimum atomic E-state index is -0.301. The first-order chi connectivity index (χ1) is 13.6. The van der Waals surface area contributed by atoms with E-state index in [1.165, 1.54) is 0 Å². The standard InChI is InChI=1S/C24H29NO3/c1-17(24(28)25-22(16-26)15-18-6-3-2-4-7-18)20-12-10-19(11-13-20)14-21-8-5-9-23(21)27/h2-4,6-7,10-13,17,21-22,26H,5,8-9,14-16H2,1H3,(H,25,28)/t17-,21-,22-/m0/s1. The third-order valence-electron chi connectivity index (χ3n) is 5.68. The van der Waals surface area contributed by atoms with Gasteiger partial charge < -0.3 is 10.4 Å². The third kappa shape index (κ3) is 5.29. The number of hydrogen-bond donors (Lipinski definition) is 2. The average Bonchev–Trinajstić information content (AvgIpc) is 3.12. The number of ketones is 1. The van der Waals surface area contributed by atoms with Gasteiger partial charge in [-0.15, -0.1) is 0 Å². The van der Waals surface area contributed by atoms with Gasteiger partial charge in [0.15, 0.2) is 0 Å². The van der Waals surface area contributed by atoms with Crippen molar-refractivity contribution in [1.82, 2.24) is 5.32 Å². The fourth-order valence-corrected chi connectivity index (χ4v) is 3.87. The van der Waals surface area contributed by atoms with Crippen LogP contribution in [0.2, 0.25) is 0 Å². The van der Waals surface area contributed by atoms with Crippen LogP contribution in [0.4, 0.5) is 0 Å². The highest BCUT2D eigenvalue weighted by molar-refractivity contribution is 5.84. The Morgan fingerprint density at radius 2 is 1.82 bits per heavy atom. The van der Waals surface area contributed by atoms with Crippen LogP contribution in [0.5, 0.6) is 0 Å². The molecule has 3 rings (SSSR count). The van der Waals surface area contributed by atoms with E-state index in [2.05, 4.69) is 5.32 Å². The smallest absolute Gasteiger partial charge is 0.227 e. The highest BCUT2D eigenvalue weighted by Gasteiger charge is 2.24. The van der Waals surface area contributed by atoms with Crippen molar-refractivity contribution in [3.63, 3.8) is 0 Å². The summed E-state index contributed by atoms with van der Waals surface area (Å²) in [5, 5.41) is 12.6. The van der Waals surface area contributed by atoms with Gasteiger partial charge in [-0.2, -0.15) is 0 Å². The summed E-state index contributed by atoms with van der Waals surface area (Å²) in [7, 11) is 0. The lowest BCUT2D eigenvalue weighted by Gasteiger charge is -2.20. The number of rotatable bonds is 8. The number of aliphatic hydroxyl groups is 1. The van der Waals surface area contributed by atoms with Gasteiger partial charge >= 0.3 is 0 Å². The molecule has 2 aromatic rings. The van der Waals surface area contributed by atoms with Crippen LogP contribution in [0.1, 0.15) is 48.8 Å². The fraction of sp³-hybridized carbons (Fsp3) is 0.417. The number of aliphatic hydroxyl groups excluding tert-OH is 1. The molecule has 4 heteroatoms. The van der Waals surface area contributed by atoms with Crippen LogP contribution in [-0.4, -0.2) is 29.4 Å². The van der Waals surface area contributed by atoms with Crippen LogP contribution in [-0.2, 0) is 22.4 Å². The first kappa shape index (κ1) is 20.3. The molecule has 4 nitrogen and oxygen atoms in total. The molecule has 0 bridgehead atoms. The van der Waals surface area contributed by atoms with Crippen molar-refractivity contribution in [1.29, 1.82) is 0 Å². The number of carbonyl (C=O) groups is 2. The predicted molar refractivity (Wildman–Crippen MR) is 110 cm³/mol. The topological polar surface area (TPSA) is 66.4 Å². The number of Topliss-reactive ketones (excluding diaryl/α,β-unsaturated/α-hetero) is 1. The summed E-state index contributed by atoms with van der Waals surface area (Å²) in [6, 6.07) is 17.5. The molecule has 1 aliphatic carbocycles. The van der Waals surface area contributed by atoms with Gasteiger partial charge in [0.2, 0.25) is 5.91 Å². The second-order valence-corrected chi connectivity index (χ2v) is 7.80. The number of benzene rings is 2. The van der Waals surface area contributed by atoms with Crippen molar-refractivity contribution in [3.8, 4) is 0 Å². The van der Waals surface area contributed by atoms with Gasteiger partial charge in [-0.05, 0) is 49.3 Å². The number of carbonyl (C=O) groups excluding carboxylic acids is 2. The zero-order valence-electron chi connectivity index (χ0n) is 16.4. The Labute approximate surface area is 167 Å². The van der Waals surface area contributed by atoms with Crippen LogP contribution >= 0.6 is 0 Å². The van der Waals surface area contributed by atoms with E-state index < -0.39 is 0 Å². The van der Waals surface area contributed by atoms with Gasteiger partial charge in [0, 0.05) is 12.3 Å². The summed E-state index contributed by atoms with van der Waals surface area (Å²) in [6.07, 6.45) is 4.11. The third-order valence-corrected chi connectivity index (χ3v) is 5.68. The van der Waals surface area contributed by atoms with Crippen LogP contribution < -0.4 is 5.32 Å². The minimum absolute atomic E-state index is 0.0892.